The average molecular weight is 382 g/mol. The zero-order valence-electron chi connectivity index (χ0n) is 16.4. The van der Waals surface area contributed by atoms with Gasteiger partial charge in [-0.25, -0.2) is 9.97 Å². The maximum absolute atomic E-state index is 13.1. The molecule has 1 saturated heterocycles. The van der Waals surface area contributed by atoms with Gasteiger partial charge in [0.05, 0.1) is 18.5 Å². The van der Waals surface area contributed by atoms with Crippen LogP contribution in [0.25, 0.3) is 0 Å². The van der Waals surface area contributed by atoms with Crippen LogP contribution in [0.2, 0.25) is 0 Å². The van der Waals surface area contributed by atoms with Gasteiger partial charge in [-0.1, -0.05) is 0 Å². The molecule has 1 amide bonds. The number of hydrogen-bond donors (Lipinski definition) is 1. The molecule has 0 bridgehead atoms. The van der Waals surface area contributed by atoms with Crippen molar-refractivity contribution >= 4 is 11.9 Å². The van der Waals surface area contributed by atoms with Crippen LogP contribution in [0.4, 0.5) is 5.95 Å². The second kappa shape index (κ2) is 8.10. The van der Waals surface area contributed by atoms with Gasteiger partial charge in [-0.15, -0.1) is 0 Å². The highest BCUT2D eigenvalue weighted by Crippen LogP contribution is 2.26. The Kier molecular flexibility index (Phi) is 5.38. The van der Waals surface area contributed by atoms with Crippen LogP contribution in [0.15, 0.2) is 18.3 Å². The number of fused-ring (bicyclic) bond motifs is 1. The zero-order valence-corrected chi connectivity index (χ0v) is 16.4. The third-order valence-corrected chi connectivity index (χ3v) is 5.40. The zero-order chi connectivity index (χ0) is 19.5. The summed E-state index contributed by atoms with van der Waals surface area (Å²) in [6.45, 7) is 3.76. The molecule has 0 unspecified atom stereocenters. The van der Waals surface area contributed by atoms with Crippen LogP contribution in [0.5, 0.6) is 5.75 Å². The molecule has 2 aliphatic rings. The Morgan fingerprint density at radius 1 is 1.25 bits per heavy atom. The first-order chi connectivity index (χ1) is 13.7. The van der Waals surface area contributed by atoms with Crippen LogP contribution in [0, 0.1) is 0 Å². The van der Waals surface area contributed by atoms with E-state index in [0.717, 1.165) is 61.6 Å². The molecule has 8 nitrogen and oxygen atoms in total. The van der Waals surface area contributed by atoms with Crippen molar-refractivity contribution in [3.63, 3.8) is 0 Å². The Hall–Kier alpha value is -2.74. The van der Waals surface area contributed by atoms with Crippen molar-refractivity contribution in [1.82, 2.24) is 24.8 Å². The monoisotopic (exact) mass is 382 g/mol. The summed E-state index contributed by atoms with van der Waals surface area (Å²) in [6, 6.07) is 3.79. The Bertz CT molecular complexity index is 866. The summed E-state index contributed by atoms with van der Waals surface area (Å²) in [7, 11) is 3.44. The van der Waals surface area contributed by atoms with E-state index in [1.54, 1.807) is 20.4 Å². The molecule has 148 valence electrons. The molecule has 1 fully saturated rings. The number of carbonyl (C=O) groups excluding carboxylic acids is 1. The molecule has 0 aliphatic carbocycles. The molecule has 0 spiro atoms. The number of carbonyl (C=O) groups is 1. The molecular formula is C20H26N6O2. The van der Waals surface area contributed by atoms with Gasteiger partial charge in [0.25, 0.3) is 5.91 Å². The van der Waals surface area contributed by atoms with E-state index in [-0.39, 0.29) is 5.91 Å². The Labute approximate surface area is 164 Å². The van der Waals surface area contributed by atoms with Crippen molar-refractivity contribution in [3.8, 4) is 5.75 Å². The lowest BCUT2D eigenvalue weighted by atomic mass is 10.0. The fraction of sp³-hybridized carbons (Fsp3) is 0.500. The number of ether oxygens (including phenoxy) is 1. The molecule has 0 saturated carbocycles. The number of likely N-dealkylation sites (tertiary alicyclic amines) is 1. The minimum absolute atomic E-state index is 0.0184. The maximum Gasteiger partial charge on any atom is 0.273 e. The number of nitrogens with one attached hydrogen (secondary N) is 1. The number of amides is 1. The van der Waals surface area contributed by atoms with Crippen LogP contribution < -0.4 is 10.1 Å². The van der Waals surface area contributed by atoms with Crippen molar-refractivity contribution in [3.05, 3.63) is 41.0 Å². The van der Waals surface area contributed by atoms with Gasteiger partial charge in [-0.3, -0.25) is 14.7 Å². The van der Waals surface area contributed by atoms with E-state index in [1.165, 1.54) is 0 Å². The highest BCUT2D eigenvalue weighted by atomic mass is 16.5. The van der Waals surface area contributed by atoms with Gasteiger partial charge in [-0.2, -0.15) is 0 Å². The minimum atomic E-state index is 0.0184. The molecule has 0 atom stereocenters. The summed E-state index contributed by atoms with van der Waals surface area (Å²) in [5.74, 6) is 1.31. The standard InChI is InChI=1S/C20H26N6O2/c1-21-20-23-15-7-11-25(13-16-17(28-2)6-5-8-22-16)12-14(15)18(24-20)19(27)26-9-3-4-10-26/h5-6,8H,3-4,7,9-13H2,1-2H3,(H,21,23,24). The lowest BCUT2D eigenvalue weighted by molar-refractivity contribution is 0.0783. The molecule has 0 radical (unpaired) electrons. The van der Waals surface area contributed by atoms with Crippen LogP contribution in [-0.2, 0) is 19.5 Å². The van der Waals surface area contributed by atoms with Crippen LogP contribution in [-0.4, -0.2) is 64.5 Å². The molecule has 4 heterocycles. The number of nitrogens with zero attached hydrogens (tertiary/aromatic N) is 5. The summed E-state index contributed by atoms with van der Waals surface area (Å²) in [5.41, 5.74) is 3.34. The Balaban J connectivity index is 1.62. The number of aromatic nitrogens is 3. The summed E-state index contributed by atoms with van der Waals surface area (Å²) < 4.78 is 5.43. The van der Waals surface area contributed by atoms with Gasteiger partial charge in [0.15, 0.2) is 0 Å². The number of hydrogen-bond acceptors (Lipinski definition) is 7. The first-order valence-electron chi connectivity index (χ1n) is 9.76. The summed E-state index contributed by atoms with van der Waals surface area (Å²) in [6.07, 6.45) is 4.68. The van der Waals surface area contributed by atoms with E-state index < -0.39 is 0 Å². The lowest BCUT2D eigenvalue weighted by Gasteiger charge is -2.30. The third-order valence-electron chi connectivity index (χ3n) is 5.40. The van der Waals surface area contributed by atoms with E-state index in [9.17, 15) is 4.79 Å². The van der Waals surface area contributed by atoms with Gasteiger partial charge in [0, 0.05) is 58.0 Å². The summed E-state index contributed by atoms with van der Waals surface area (Å²) >= 11 is 0. The van der Waals surface area contributed by atoms with Crippen molar-refractivity contribution in [2.75, 3.05) is 39.1 Å². The SMILES string of the molecule is CNc1nc2c(c(C(=O)N3CCCC3)n1)CN(Cc1ncccc1OC)CC2. The van der Waals surface area contributed by atoms with Crippen molar-refractivity contribution < 1.29 is 9.53 Å². The van der Waals surface area contributed by atoms with E-state index in [2.05, 4.69) is 25.2 Å². The van der Waals surface area contributed by atoms with Crippen molar-refractivity contribution in [1.29, 1.82) is 0 Å². The van der Waals surface area contributed by atoms with E-state index in [4.69, 9.17) is 4.74 Å². The fourth-order valence-electron chi connectivity index (χ4n) is 3.90. The van der Waals surface area contributed by atoms with Crippen LogP contribution in [0.3, 0.4) is 0 Å². The summed E-state index contributed by atoms with van der Waals surface area (Å²) in [5, 5.41) is 3.00. The molecule has 2 aliphatic heterocycles. The molecule has 1 N–H and O–H groups in total. The molecule has 2 aromatic heterocycles. The van der Waals surface area contributed by atoms with E-state index in [1.807, 2.05) is 17.0 Å². The number of pyridine rings is 1. The van der Waals surface area contributed by atoms with Gasteiger partial charge in [0.2, 0.25) is 5.95 Å². The normalized spacial score (nSPS) is 16.7. The maximum atomic E-state index is 13.1. The van der Waals surface area contributed by atoms with Crippen LogP contribution >= 0.6 is 0 Å². The number of anilines is 1. The van der Waals surface area contributed by atoms with E-state index >= 15 is 0 Å². The Morgan fingerprint density at radius 3 is 2.82 bits per heavy atom. The second-order valence-corrected chi connectivity index (χ2v) is 7.18. The average Bonchev–Trinajstić information content (AvgIpc) is 3.28. The first kappa shape index (κ1) is 18.6. The minimum Gasteiger partial charge on any atom is -0.495 e. The molecule has 28 heavy (non-hydrogen) atoms. The van der Waals surface area contributed by atoms with Crippen LogP contribution in [0.1, 0.15) is 40.3 Å². The Morgan fingerprint density at radius 2 is 2.07 bits per heavy atom. The third kappa shape index (κ3) is 3.64. The molecule has 0 aromatic carbocycles. The van der Waals surface area contributed by atoms with Crippen molar-refractivity contribution in [2.45, 2.75) is 32.4 Å². The van der Waals surface area contributed by atoms with Gasteiger partial charge >= 0.3 is 0 Å². The predicted molar refractivity (Wildman–Crippen MR) is 105 cm³/mol. The fourth-order valence-corrected chi connectivity index (χ4v) is 3.90. The molecular weight excluding hydrogens is 356 g/mol. The second-order valence-electron chi connectivity index (χ2n) is 7.18. The summed E-state index contributed by atoms with van der Waals surface area (Å²) in [4.78, 5) is 30.9. The van der Waals surface area contributed by atoms with Gasteiger partial charge < -0.3 is 15.0 Å². The molecule has 4 rings (SSSR count). The number of rotatable bonds is 5. The largest absolute Gasteiger partial charge is 0.495 e. The van der Waals surface area contributed by atoms with E-state index in [0.29, 0.717) is 24.7 Å². The van der Waals surface area contributed by atoms with Gasteiger partial charge in [-0.05, 0) is 25.0 Å². The van der Waals surface area contributed by atoms with Crippen molar-refractivity contribution in [2.24, 2.45) is 0 Å². The number of methoxy groups -OCH3 is 1. The smallest absolute Gasteiger partial charge is 0.273 e. The highest BCUT2D eigenvalue weighted by Gasteiger charge is 2.29. The predicted octanol–water partition coefficient (Wildman–Crippen LogP) is 1.72. The van der Waals surface area contributed by atoms with Gasteiger partial charge in [0.1, 0.15) is 11.4 Å². The highest BCUT2D eigenvalue weighted by molar-refractivity contribution is 5.94. The topological polar surface area (TPSA) is 83.5 Å². The molecule has 2 aromatic rings. The first-order valence-corrected chi connectivity index (χ1v) is 9.76. The molecule has 8 heteroatoms. The quantitative estimate of drug-likeness (QED) is 0.843. The lowest BCUT2D eigenvalue weighted by Crippen LogP contribution is -2.36.